The Balaban J connectivity index is 2.66. The molecule has 0 radical (unpaired) electrons. The van der Waals surface area contributed by atoms with Crippen LogP contribution in [0.25, 0.3) is 0 Å². The van der Waals surface area contributed by atoms with Crippen LogP contribution in [0.1, 0.15) is 40.5 Å². The summed E-state index contributed by atoms with van der Waals surface area (Å²) in [6, 6.07) is -0.309. The van der Waals surface area contributed by atoms with Gasteiger partial charge in [-0.2, -0.15) is 0 Å². The highest BCUT2D eigenvalue weighted by atomic mass is 32.2. The minimum atomic E-state index is -3.47. The molecule has 0 unspecified atom stereocenters. The van der Waals surface area contributed by atoms with Crippen molar-refractivity contribution >= 4 is 16.0 Å². The summed E-state index contributed by atoms with van der Waals surface area (Å²) >= 11 is 0. The van der Waals surface area contributed by atoms with Gasteiger partial charge in [-0.15, -0.1) is 0 Å². The lowest BCUT2D eigenvalue weighted by molar-refractivity contribution is -0.137. The summed E-state index contributed by atoms with van der Waals surface area (Å²) in [7, 11) is -3.47. The van der Waals surface area contributed by atoms with Gasteiger partial charge in [-0.05, 0) is 17.3 Å². The molecule has 1 rings (SSSR count). The maximum Gasteiger partial charge on any atom is 0.303 e. The summed E-state index contributed by atoms with van der Waals surface area (Å²) in [6.07, 6.45) is -0.0256. The molecule has 0 bridgehead atoms. The van der Waals surface area contributed by atoms with E-state index in [-0.39, 0.29) is 41.5 Å². The molecule has 1 fully saturated rings. The number of hydrogen-bond donors (Lipinski definition) is 3. The van der Waals surface area contributed by atoms with E-state index in [0.29, 0.717) is 0 Å². The lowest BCUT2D eigenvalue weighted by atomic mass is 9.49. The largest absolute Gasteiger partial charge is 0.481 e. The molecule has 112 valence electrons. The quantitative estimate of drug-likeness (QED) is 0.661. The topological polar surface area (TPSA) is 109 Å². The van der Waals surface area contributed by atoms with E-state index in [1.165, 1.54) is 0 Å². The fourth-order valence-corrected chi connectivity index (χ4v) is 4.74. The Morgan fingerprint density at radius 1 is 1.26 bits per heavy atom. The minimum Gasteiger partial charge on any atom is -0.481 e. The van der Waals surface area contributed by atoms with Gasteiger partial charge in [0.15, 0.2) is 0 Å². The molecule has 4 N–H and O–H groups in total. The fourth-order valence-electron chi connectivity index (χ4n) is 3.14. The van der Waals surface area contributed by atoms with E-state index in [2.05, 4.69) is 4.72 Å². The number of nitrogens with one attached hydrogen (secondary N) is 1. The third kappa shape index (κ3) is 3.27. The zero-order valence-corrected chi connectivity index (χ0v) is 12.8. The number of carboxylic acid groups (broad SMARTS) is 1. The SMILES string of the molecule is CC1(C)C(N)C(C)(C)C1NS(=O)(=O)CCCC(=O)O. The summed E-state index contributed by atoms with van der Waals surface area (Å²) in [5.74, 6) is -1.15. The first kappa shape index (κ1) is 16.4. The van der Waals surface area contributed by atoms with Gasteiger partial charge < -0.3 is 10.8 Å². The van der Waals surface area contributed by atoms with Gasteiger partial charge in [0.1, 0.15) is 0 Å². The molecule has 19 heavy (non-hydrogen) atoms. The van der Waals surface area contributed by atoms with E-state index < -0.39 is 16.0 Å². The van der Waals surface area contributed by atoms with Gasteiger partial charge in [0.05, 0.1) is 5.75 Å². The van der Waals surface area contributed by atoms with Gasteiger partial charge in [0.25, 0.3) is 0 Å². The Hall–Kier alpha value is -0.660. The lowest BCUT2D eigenvalue weighted by Crippen LogP contribution is -2.76. The predicted octanol–water partition coefficient (Wildman–Crippen LogP) is 0.533. The molecule has 0 saturated heterocycles. The number of aliphatic carboxylic acids is 1. The Bertz CT molecular complexity index is 440. The van der Waals surface area contributed by atoms with E-state index in [4.69, 9.17) is 10.8 Å². The summed E-state index contributed by atoms with van der Waals surface area (Å²) in [6.45, 7) is 7.75. The fraction of sp³-hybridized carbons (Fsp3) is 0.917. The number of nitrogens with two attached hydrogens (primary N) is 1. The molecule has 0 aromatic carbocycles. The van der Waals surface area contributed by atoms with Crippen LogP contribution in [0.15, 0.2) is 0 Å². The average Bonchev–Trinajstić information content (AvgIpc) is 2.23. The standard InChI is InChI=1S/C12H24N2O4S/c1-11(2)9(13)12(3,4)10(11)14-19(17,18)7-5-6-8(15)16/h9-10,14H,5-7,13H2,1-4H3,(H,15,16). The van der Waals surface area contributed by atoms with Gasteiger partial charge in [0, 0.05) is 18.5 Å². The van der Waals surface area contributed by atoms with Crippen LogP contribution in [0.5, 0.6) is 0 Å². The van der Waals surface area contributed by atoms with Crippen LogP contribution in [0.4, 0.5) is 0 Å². The average molecular weight is 292 g/mol. The van der Waals surface area contributed by atoms with Crippen molar-refractivity contribution in [3.05, 3.63) is 0 Å². The second-order valence-electron chi connectivity index (χ2n) is 6.49. The zero-order chi connectivity index (χ0) is 15.1. The molecule has 0 aliphatic heterocycles. The summed E-state index contributed by atoms with van der Waals surface area (Å²) in [5.41, 5.74) is 5.47. The second kappa shape index (κ2) is 5.03. The molecule has 1 aliphatic carbocycles. The van der Waals surface area contributed by atoms with Crippen LogP contribution >= 0.6 is 0 Å². The molecule has 0 aromatic heterocycles. The molecular weight excluding hydrogens is 268 g/mol. The van der Waals surface area contributed by atoms with Crippen molar-refractivity contribution in [2.45, 2.75) is 52.6 Å². The van der Waals surface area contributed by atoms with Crippen molar-refractivity contribution in [2.75, 3.05) is 5.75 Å². The van der Waals surface area contributed by atoms with E-state index in [9.17, 15) is 13.2 Å². The van der Waals surface area contributed by atoms with Crippen LogP contribution in [-0.2, 0) is 14.8 Å². The molecular formula is C12H24N2O4S. The molecule has 0 amide bonds. The third-order valence-corrected chi connectivity index (χ3v) is 5.61. The van der Waals surface area contributed by atoms with E-state index in [1.807, 2.05) is 27.7 Å². The second-order valence-corrected chi connectivity index (χ2v) is 8.36. The Morgan fingerprint density at radius 3 is 2.16 bits per heavy atom. The number of carboxylic acids is 1. The maximum absolute atomic E-state index is 12.0. The van der Waals surface area contributed by atoms with Crippen LogP contribution in [0.3, 0.4) is 0 Å². The Morgan fingerprint density at radius 2 is 1.74 bits per heavy atom. The first-order chi connectivity index (χ1) is 8.41. The molecule has 0 atom stereocenters. The number of rotatable bonds is 6. The summed E-state index contributed by atoms with van der Waals surface area (Å²) < 4.78 is 26.6. The van der Waals surface area contributed by atoms with Crippen molar-refractivity contribution < 1.29 is 18.3 Å². The van der Waals surface area contributed by atoms with Crippen molar-refractivity contribution in [3.63, 3.8) is 0 Å². The van der Waals surface area contributed by atoms with Gasteiger partial charge in [-0.1, -0.05) is 27.7 Å². The van der Waals surface area contributed by atoms with Gasteiger partial charge in [-0.25, -0.2) is 13.1 Å². The molecule has 0 spiro atoms. The number of carbonyl (C=O) groups is 1. The molecule has 6 nitrogen and oxygen atoms in total. The van der Waals surface area contributed by atoms with E-state index in [0.717, 1.165) is 0 Å². The Kier molecular flexibility index (Phi) is 4.34. The van der Waals surface area contributed by atoms with Crippen LogP contribution in [-0.4, -0.2) is 37.3 Å². The molecule has 0 aromatic rings. The normalized spacial score (nSPS) is 28.7. The van der Waals surface area contributed by atoms with Gasteiger partial charge in [0.2, 0.25) is 10.0 Å². The minimum absolute atomic E-state index is 0.0771. The smallest absolute Gasteiger partial charge is 0.303 e. The monoisotopic (exact) mass is 292 g/mol. The van der Waals surface area contributed by atoms with Crippen molar-refractivity contribution in [2.24, 2.45) is 16.6 Å². The predicted molar refractivity (Wildman–Crippen MR) is 73.1 cm³/mol. The summed E-state index contributed by atoms with van der Waals surface area (Å²) in [4.78, 5) is 10.4. The van der Waals surface area contributed by atoms with Gasteiger partial charge >= 0.3 is 5.97 Å². The first-order valence-electron chi connectivity index (χ1n) is 6.38. The Labute approximate surface area is 114 Å². The summed E-state index contributed by atoms with van der Waals surface area (Å²) in [5, 5.41) is 8.52. The molecule has 7 heteroatoms. The van der Waals surface area contributed by atoms with Crippen LogP contribution in [0, 0.1) is 10.8 Å². The van der Waals surface area contributed by atoms with Crippen LogP contribution in [0.2, 0.25) is 0 Å². The molecule has 0 heterocycles. The van der Waals surface area contributed by atoms with Crippen molar-refractivity contribution in [3.8, 4) is 0 Å². The van der Waals surface area contributed by atoms with E-state index >= 15 is 0 Å². The molecule has 1 aliphatic rings. The van der Waals surface area contributed by atoms with E-state index in [1.54, 1.807) is 0 Å². The van der Waals surface area contributed by atoms with Crippen molar-refractivity contribution in [1.82, 2.24) is 4.72 Å². The first-order valence-corrected chi connectivity index (χ1v) is 8.04. The van der Waals surface area contributed by atoms with Crippen molar-refractivity contribution in [1.29, 1.82) is 0 Å². The lowest BCUT2D eigenvalue weighted by Gasteiger charge is -2.62. The highest BCUT2D eigenvalue weighted by molar-refractivity contribution is 7.89. The molecule has 1 saturated carbocycles. The highest BCUT2D eigenvalue weighted by Crippen LogP contribution is 2.52. The highest BCUT2D eigenvalue weighted by Gasteiger charge is 2.60. The van der Waals surface area contributed by atoms with Gasteiger partial charge in [-0.3, -0.25) is 4.79 Å². The third-order valence-electron chi connectivity index (χ3n) is 4.19. The maximum atomic E-state index is 12.0. The zero-order valence-electron chi connectivity index (χ0n) is 11.9. The number of sulfonamides is 1. The van der Waals surface area contributed by atoms with Crippen LogP contribution < -0.4 is 10.5 Å². The number of hydrogen-bond acceptors (Lipinski definition) is 4.